The fourth-order valence-corrected chi connectivity index (χ4v) is 5.52. The maximum atomic E-state index is 2.30. The molecule has 0 amide bonds. The van der Waals surface area contributed by atoms with Crippen LogP contribution in [0.3, 0.4) is 0 Å². The number of unbranched alkanes of at least 4 members (excludes halogenated alkanes) is 13. The molecule has 0 bridgehead atoms. The molecule has 0 fully saturated rings. The van der Waals surface area contributed by atoms with Crippen molar-refractivity contribution in [3.05, 3.63) is 29.8 Å². The molecule has 0 aliphatic rings. The minimum atomic E-state index is 1.29. The summed E-state index contributed by atoms with van der Waals surface area (Å²) < 4.78 is 0. The van der Waals surface area contributed by atoms with Gasteiger partial charge in [0.05, 0.1) is 0 Å². The summed E-state index contributed by atoms with van der Waals surface area (Å²) in [6, 6.07) is 8.70. The summed E-state index contributed by atoms with van der Waals surface area (Å²) >= 11 is 0. The zero-order valence-corrected chi connectivity index (χ0v) is 18.4. The normalized spacial score (nSPS) is 11.1. The molecule has 0 unspecified atom stereocenters. The lowest BCUT2D eigenvalue weighted by molar-refractivity contribution is 0.538. The Morgan fingerprint density at radius 1 is 0.640 bits per heavy atom. The van der Waals surface area contributed by atoms with E-state index >= 15 is 0 Å². The van der Waals surface area contributed by atoms with E-state index in [0.717, 1.165) is 0 Å². The van der Waals surface area contributed by atoms with Crippen LogP contribution in [0.15, 0.2) is 29.2 Å². The zero-order chi connectivity index (χ0) is 18.0. The first-order chi connectivity index (χ1) is 12.3. The lowest BCUT2D eigenvalue weighted by atomic mass is 10.0. The van der Waals surface area contributed by atoms with Crippen molar-refractivity contribution in [2.75, 3.05) is 5.75 Å². The molecule has 0 N–H and O–H groups in total. The van der Waals surface area contributed by atoms with Gasteiger partial charge in [0.2, 0.25) is 0 Å². The lowest BCUT2D eigenvalue weighted by Crippen LogP contribution is -1.84. The van der Waals surface area contributed by atoms with Crippen molar-refractivity contribution < 1.29 is 0 Å². The second-order valence-electron chi connectivity index (χ2n) is 7.27. The van der Waals surface area contributed by atoms with E-state index in [1.54, 1.807) is 0 Å². The van der Waals surface area contributed by atoms with Crippen LogP contribution in [0, 0.1) is 6.92 Å². The van der Waals surface area contributed by atoms with Gasteiger partial charge in [0.1, 0.15) is 0 Å². The highest BCUT2D eigenvalue weighted by atomic mass is 33.1. The van der Waals surface area contributed by atoms with Crippen LogP contribution in [0.4, 0.5) is 0 Å². The average molecular weight is 381 g/mol. The van der Waals surface area contributed by atoms with Crippen molar-refractivity contribution in [3.8, 4) is 0 Å². The molecule has 0 saturated carbocycles. The fourth-order valence-electron chi connectivity index (χ4n) is 3.11. The van der Waals surface area contributed by atoms with Crippen LogP contribution in [0.1, 0.15) is 102 Å². The van der Waals surface area contributed by atoms with Gasteiger partial charge in [-0.15, -0.1) is 0 Å². The lowest BCUT2D eigenvalue weighted by Gasteiger charge is -2.05. The summed E-state index contributed by atoms with van der Waals surface area (Å²) in [5, 5.41) is 0. The Balaban J connectivity index is 1.75. The van der Waals surface area contributed by atoms with E-state index in [4.69, 9.17) is 0 Å². The Kier molecular flexibility index (Phi) is 15.9. The Morgan fingerprint density at radius 3 is 1.64 bits per heavy atom. The Labute approximate surface area is 165 Å². The number of hydrogen-bond donors (Lipinski definition) is 0. The summed E-state index contributed by atoms with van der Waals surface area (Å²) in [6.45, 7) is 4.50. The van der Waals surface area contributed by atoms with E-state index in [1.165, 1.54) is 106 Å². The number of aryl methyl sites for hydroxylation is 1. The Bertz CT molecular complexity index is 403. The molecule has 0 radical (unpaired) electrons. The summed E-state index contributed by atoms with van der Waals surface area (Å²) in [4.78, 5) is 1.43. The third kappa shape index (κ3) is 13.7. The third-order valence-electron chi connectivity index (χ3n) is 4.82. The molecule has 0 saturated heterocycles. The molecule has 2 heteroatoms. The summed E-state index contributed by atoms with van der Waals surface area (Å²) in [5.74, 6) is 1.29. The van der Waals surface area contributed by atoms with Gasteiger partial charge in [-0.05, 0) is 25.0 Å². The smallest absolute Gasteiger partial charge is 0.0212 e. The van der Waals surface area contributed by atoms with Gasteiger partial charge in [0, 0.05) is 10.6 Å². The molecule has 0 spiro atoms. The van der Waals surface area contributed by atoms with Crippen molar-refractivity contribution in [3.63, 3.8) is 0 Å². The summed E-state index contributed by atoms with van der Waals surface area (Å²) in [6.07, 6.45) is 20.2. The zero-order valence-electron chi connectivity index (χ0n) is 16.7. The van der Waals surface area contributed by atoms with Crippen molar-refractivity contribution in [2.45, 2.75) is 109 Å². The van der Waals surface area contributed by atoms with Gasteiger partial charge in [0.25, 0.3) is 0 Å². The van der Waals surface area contributed by atoms with Crippen LogP contribution in [0.25, 0.3) is 0 Å². The Hall–Kier alpha value is -0.0800. The molecule has 144 valence electrons. The molecule has 25 heavy (non-hydrogen) atoms. The summed E-state index contributed by atoms with van der Waals surface area (Å²) in [7, 11) is 3.97. The van der Waals surface area contributed by atoms with Crippen molar-refractivity contribution in [1.82, 2.24) is 0 Å². The van der Waals surface area contributed by atoms with Gasteiger partial charge < -0.3 is 0 Å². The van der Waals surface area contributed by atoms with Crippen molar-refractivity contribution >= 4 is 21.6 Å². The van der Waals surface area contributed by atoms with Gasteiger partial charge in [-0.1, -0.05) is 130 Å². The quantitative estimate of drug-likeness (QED) is 0.195. The number of benzene rings is 1. The molecule has 0 nitrogen and oxygen atoms in total. The van der Waals surface area contributed by atoms with Gasteiger partial charge in [-0.3, -0.25) is 0 Å². The van der Waals surface area contributed by atoms with Gasteiger partial charge in [-0.25, -0.2) is 0 Å². The van der Waals surface area contributed by atoms with Crippen LogP contribution in [0.5, 0.6) is 0 Å². The molecule has 1 aromatic carbocycles. The van der Waals surface area contributed by atoms with Gasteiger partial charge in [-0.2, -0.15) is 0 Å². The second-order valence-corrected chi connectivity index (χ2v) is 9.72. The van der Waals surface area contributed by atoms with E-state index in [9.17, 15) is 0 Å². The predicted molar refractivity (Wildman–Crippen MR) is 120 cm³/mol. The fraction of sp³-hybridized carbons (Fsp3) is 0.739. The van der Waals surface area contributed by atoms with Gasteiger partial charge in [0.15, 0.2) is 0 Å². The van der Waals surface area contributed by atoms with Crippen molar-refractivity contribution in [2.24, 2.45) is 0 Å². The van der Waals surface area contributed by atoms with Crippen LogP contribution >= 0.6 is 21.6 Å². The minimum Gasteiger partial charge on any atom is -0.0889 e. The molecule has 1 aromatic rings. The monoisotopic (exact) mass is 380 g/mol. The molecule has 0 aliphatic carbocycles. The van der Waals surface area contributed by atoms with Gasteiger partial charge >= 0.3 is 0 Å². The first kappa shape index (κ1) is 23.0. The van der Waals surface area contributed by atoms with E-state index in [2.05, 4.69) is 38.1 Å². The standard InChI is InChI=1S/C23H40S2/c1-3-4-5-6-7-8-9-10-11-12-13-14-15-18-21-24-25-23-20-17-16-19-22(23)2/h16-17,19-20H,3-15,18,21H2,1-2H3. The third-order valence-corrected chi connectivity index (χ3v) is 7.43. The highest BCUT2D eigenvalue weighted by Crippen LogP contribution is 2.33. The molecule has 0 atom stereocenters. The van der Waals surface area contributed by atoms with E-state index in [-0.39, 0.29) is 0 Å². The Morgan fingerprint density at radius 2 is 1.12 bits per heavy atom. The van der Waals surface area contributed by atoms with Crippen LogP contribution in [0.2, 0.25) is 0 Å². The highest BCUT2D eigenvalue weighted by molar-refractivity contribution is 8.76. The molecule has 0 aromatic heterocycles. The SMILES string of the molecule is CCCCCCCCCCCCCCCCSSc1ccccc1C. The largest absolute Gasteiger partial charge is 0.0889 e. The summed E-state index contributed by atoms with van der Waals surface area (Å²) in [5.41, 5.74) is 1.40. The number of hydrogen-bond acceptors (Lipinski definition) is 2. The predicted octanol–water partition coefficient (Wildman–Crippen LogP) is 9.22. The van der Waals surface area contributed by atoms with Crippen LogP contribution < -0.4 is 0 Å². The maximum absolute atomic E-state index is 2.30. The second kappa shape index (κ2) is 17.3. The van der Waals surface area contributed by atoms with E-state index in [1.807, 2.05) is 21.6 Å². The average Bonchev–Trinajstić information content (AvgIpc) is 2.63. The first-order valence-electron chi connectivity index (χ1n) is 10.7. The minimum absolute atomic E-state index is 1.29. The molecule has 1 rings (SSSR count). The molecular weight excluding hydrogens is 340 g/mol. The van der Waals surface area contributed by atoms with Crippen LogP contribution in [-0.2, 0) is 0 Å². The maximum Gasteiger partial charge on any atom is 0.0212 e. The molecule has 0 heterocycles. The number of rotatable bonds is 17. The highest BCUT2D eigenvalue weighted by Gasteiger charge is 1.98. The molecule has 0 aliphatic heterocycles. The van der Waals surface area contributed by atoms with E-state index in [0.29, 0.717) is 0 Å². The van der Waals surface area contributed by atoms with Crippen molar-refractivity contribution in [1.29, 1.82) is 0 Å². The van der Waals surface area contributed by atoms with E-state index < -0.39 is 0 Å². The molecular formula is C23H40S2. The first-order valence-corrected chi connectivity index (χ1v) is 13.0. The van der Waals surface area contributed by atoms with Crippen LogP contribution in [-0.4, -0.2) is 5.75 Å². The topological polar surface area (TPSA) is 0 Å².